The van der Waals surface area contributed by atoms with Crippen molar-refractivity contribution in [1.82, 2.24) is 0 Å². The van der Waals surface area contributed by atoms with E-state index in [0.29, 0.717) is 6.04 Å². The number of benzene rings is 2. The lowest BCUT2D eigenvalue weighted by molar-refractivity contribution is 0.482. The van der Waals surface area contributed by atoms with Gasteiger partial charge in [0.2, 0.25) is 0 Å². The van der Waals surface area contributed by atoms with E-state index in [2.05, 4.69) is 19.1 Å². The van der Waals surface area contributed by atoms with E-state index in [1.807, 2.05) is 42.5 Å². The average molecular weight is 283 g/mol. The minimum atomic E-state index is 0.357. The minimum absolute atomic E-state index is 0.357. The molecule has 0 saturated heterocycles. The highest BCUT2D eigenvalue weighted by Gasteiger charge is 2.02. The molecule has 0 heterocycles. The van der Waals surface area contributed by atoms with Crippen LogP contribution in [0.25, 0.3) is 0 Å². The van der Waals surface area contributed by atoms with E-state index in [0.717, 1.165) is 37.2 Å². The third-order valence-corrected chi connectivity index (χ3v) is 3.60. The Morgan fingerprint density at radius 2 is 1.57 bits per heavy atom. The Kier molecular flexibility index (Phi) is 6.29. The summed E-state index contributed by atoms with van der Waals surface area (Å²) in [6.07, 6.45) is 5.65. The summed E-state index contributed by atoms with van der Waals surface area (Å²) in [5, 5.41) is 0. The number of hydrogen-bond acceptors (Lipinski definition) is 2. The number of rotatable bonds is 8. The summed E-state index contributed by atoms with van der Waals surface area (Å²) in [5.74, 6) is 1.75. The van der Waals surface area contributed by atoms with E-state index in [1.165, 1.54) is 12.0 Å². The zero-order valence-electron chi connectivity index (χ0n) is 12.8. The highest BCUT2D eigenvalue weighted by atomic mass is 16.5. The van der Waals surface area contributed by atoms with Crippen LogP contribution in [-0.4, -0.2) is 6.04 Å². The predicted octanol–water partition coefficient (Wildman–Crippen LogP) is 4.93. The molecule has 112 valence electrons. The van der Waals surface area contributed by atoms with E-state index in [9.17, 15) is 0 Å². The maximum atomic E-state index is 6.04. The van der Waals surface area contributed by atoms with Crippen molar-refractivity contribution in [1.29, 1.82) is 0 Å². The molecule has 0 aromatic heterocycles. The Balaban J connectivity index is 1.79. The molecule has 0 amide bonds. The molecule has 2 nitrogen and oxygen atoms in total. The number of ether oxygens (including phenoxy) is 1. The van der Waals surface area contributed by atoms with Gasteiger partial charge in [0.15, 0.2) is 0 Å². The van der Waals surface area contributed by atoms with Crippen LogP contribution in [0, 0.1) is 0 Å². The van der Waals surface area contributed by atoms with Crippen LogP contribution >= 0.6 is 0 Å². The molecule has 0 bridgehead atoms. The molecular weight excluding hydrogens is 258 g/mol. The van der Waals surface area contributed by atoms with Crippen molar-refractivity contribution >= 4 is 0 Å². The van der Waals surface area contributed by atoms with Crippen LogP contribution in [0.15, 0.2) is 54.6 Å². The molecule has 0 fully saturated rings. The van der Waals surface area contributed by atoms with Gasteiger partial charge in [-0.1, -0.05) is 43.7 Å². The average Bonchev–Trinajstić information content (AvgIpc) is 2.50. The second kappa shape index (κ2) is 8.48. The van der Waals surface area contributed by atoms with Crippen molar-refractivity contribution < 1.29 is 4.74 Å². The SMILES string of the molecule is CCCC(N)CCCc1ccc(Oc2ccccc2)cc1. The van der Waals surface area contributed by atoms with Gasteiger partial charge < -0.3 is 10.5 Å². The van der Waals surface area contributed by atoms with Crippen molar-refractivity contribution in [2.45, 2.75) is 45.1 Å². The standard InChI is InChI=1S/C19H25NO/c1-2-7-17(20)9-6-8-16-12-14-19(15-13-16)21-18-10-4-3-5-11-18/h3-5,10-15,17H,2,6-9,20H2,1H3. The Morgan fingerprint density at radius 1 is 0.905 bits per heavy atom. The molecule has 0 saturated carbocycles. The molecule has 0 radical (unpaired) electrons. The predicted molar refractivity (Wildman–Crippen MR) is 88.8 cm³/mol. The van der Waals surface area contributed by atoms with Gasteiger partial charge in [-0.05, 0) is 55.5 Å². The number of nitrogens with two attached hydrogens (primary N) is 1. The molecule has 0 aliphatic rings. The van der Waals surface area contributed by atoms with Crippen molar-refractivity contribution in [3.8, 4) is 11.5 Å². The molecule has 1 unspecified atom stereocenters. The second-order valence-corrected chi connectivity index (χ2v) is 5.50. The van der Waals surface area contributed by atoms with Crippen molar-refractivity contribution in [3.05, 3.63) is 60.2 Å². The van der Waals surface area contributed by atoms with Crippen LogP contribution in [0.5, 0.6) is 11.5 Å². The Labute approximate surface area is 127 Å². The van der Waals surface area contributed by atoms with E-state index >= 15 is 0 Å². The monoisotopic (exact) mass is 283 g/mol. The van der Waals surface area contributed by atoms with Gasteiger partial charge in [0, 0.05) is 6.04 Å². The maximum Gasteiger partial charge on any atom is 0.127 e. The van der Waals surface area contributed by atoms with Crippen LogP contribution in [0.3, 0.4) is 0 Å². The Hall–Kier alpha value is -1.80. The third-order valence-electron chi connectivity index (χ3n) is 3.60. The van der Waals surface area contributed by atoms with Crippen molar-refractivity contribution in [3.63, 3.8) is 0 Å². The summed E-state index contributed by atoms with van der Waals surface area (Å²) in [5.41, 5.74) is 7.38. The first-order valence-corrected chi connectivity index (χ1v) is 7.85. The minimum Gasteiger partial charge on any atom is -0.457 e. The number of aryl methyl sites for hydroxylation is 1. The van der Waals surface area contributed by atoms with Gasteiger partial charge in [0.25, 0.3) is 0 Å². The van der Waals surface area contributed by atoms with Crippen molar-refractivity contribution in [2.24, 2.45) is 5.73 Å². The molecule has 2 aromatic rings. The maximum absolute atomic E-state index is 6.04. The summed E-state index contributed by atoms with van der Waals surface area (Å²) in [6, 6.07) is 18.6. The summed E-state index contributed by atoms with van der Waals surface area (Å²) in [4.78, 5) is 0. The first kappa shape index (κ1) is 15.6. The summed E-state index contributed by atoms with van der Waals surface area (Å²) >= 11 is 0. The largest absolute Gasteiger partial charge is 0.457 e. The quantitative estimate of drug-likeness (QED) is 0.745. The molecular formula is C19H25NO. The molecule has 2 aromatic carbocycles. The summed E-state index contributed by atoms with van der Waals surface area (Å²) in [6.45, 7) is 2.19. The van der Waals surface area contributed by atoms with Gasteiger partial charge in [-0.25, -0.2) is 0 Å². The van der Waals surface area contributed by atoms with E-state index in [4.69, 9.17) is 10.5 Å². The van der Waals surface area contributed by atoms with Gasteiger partial charge >= 0.3 is 0 Å². The normalized spacial score (nSPS) is 12.1. The highest BCUT2D eigenvalue weighted by molar-refractivity contribution is 5.32. The van der Waals surface area contributed by atoms with Crippen molar-refractivity contribution in [2.75, 3.05) is 0 Å². The Bertz CT molecular complexity index is 507. The molecule has 2 rings (SSSR count). The van der Waals surface area contributed by atoms with E-state index in [-0.39, 0.29) is 0 Å². The van der Waals surface area contributed by atoms with Crippen LogP contribution in [0.1, 0.15) is 38.2 Å². The molecule has 1 atom stereocenters. The molecule has 0 aliphatic carbocycles. The Morgan fingerprint density at radius 3 is 2.24 bits per heavy atom. The van der Waals surface area contributed by atoms with Gasteiger partial charge in [0.05, 0.1) is 0 Å². The molecule has 21 heavy (non-hydrogen) atoms. The van der Waals surface area contributed by atoms with Gasteiger partial charge in [-0.3, -0.25) is 0 Å². The zero-order chi connectivity index (χ0) is 14.9. The van der Waals surface area contributed by atoms with Crippen LogP contribution in [0.2, 0.25) is 0 Å². The fourth-order valence-electron chi connectivity index (χ4n) is 2.43. The third kappa shape index (κ3) is 5.60. The lowest BCUT2D eigenvalue weighted by atomic mass is 10.0. The second-order valence-electron chi connectivity index (χ2n) is 5.50. The first-order valence-electron chi connectivity index (χ1n) is 7.85. The summed E-state index contributed by atoms with van der Waals surface area (Å²) in [7, 11) is 0. The fraction of sp³-hybridized carbons (Fsp3) is 0.368. The fourth-order valence-corrected chi connectivity index (χ4v) is 2.43. The van der Waals surface area contributed by atoms with Crippen LogP contribution in [0.4, 0.5) is 0 Å². The van der Waals surface area contributed by atoms with Crippen LogP contribution < -0.4 is 10.5 Å². The van der Waals surface area contributed by atoms with E-state index in [1.54, 1.807) is 0 Å². The molecule has 2 heteroatoms. The lowest BCUT2D eigenvalue weighted by Crippen LogP contribution is -2.19. The smallest absolute Gasteiger partial charge is 0.127 e. The lowest BCUT2D eigenvalue weighted by Gasteiger charge is -2.10. The topological polar surface area (TPSA) is 35.2 Å². The highest BCUT2D eigenvalue weighted by Crippen LogP contribution is 2.21. The number of hydrogen-bond donors (Lipinski definition) is 1. The zero-order valence-corrected chi connectivity index (χ0v) is 12.8. The van der Waals surface area contributed by atoms with Gasteiger partial charge in [-0.15, -0.1) is 0 Å². The molecule has 0 aliphatic heterocycles. The van der Waals surface area contributed by atoms with Gasteiger partial charge in [0.1, 0.15) is 11.5 Å². The molecule has 2 N–H and O–H groups in total. The van der Waals surface area contributed by atoms with Gasteiger partial charge in [-0.2, -0.15) is 0 Å². The van der Waals surface area contributed by atoms with E-state index < -0.39 is 0 Å². The molecule has 0 spiro atoms. The number of para-hydroxylation sites is 1. The summed E-state index contributed by atoms with van der Waals surface area (Å²) < 4.78 is 5.79. The first-order chi connectivity index (χ1) is 10.3. The van der Waals surface area contributed by atoms with Crippen LogP contribution in [-0.2, 0) is 6.42 Å².